The summed E-state index contributed by atoms with van der Waals surface area (Å²) in [5.74, 6) is -1.50. The van der Waals surface area contributed by atoms with Crippen molar-refractivity contribution in [3.05, 3.63) is 42.5 Å². The lowest BCUT2D eigenvalue weighted by atomic mass is 10.1. The first-order chi connectivity index (χ1) is 15.7. The number of pyridine rings is 1. The van der Waals surface area contributed by atoms with Crippen LogP contribution in [0.3, 0.4) is 0 Å². The molecule has 0 aliphatic carbocycles. The molecule has 0 bridgehead atoms. The summed E-state index contributed by atoms with van der Waals surface area (Å²) in [6.45, 7) is 0.582. The van der Waals surface area contributed by atoms with E-state index >= 15 is 0 Å². The number of carbonyl (C=O) groups excluding carboxylic acids is 3. The van der Waals surface area contributed by atoms with Crippen molar-refractivity contribution in [3.63, 3.8) is 0 Å². The standard InChI is InChI=1S/C25H29N4O4/c1-26(2)19-9-7-17-14-18-8-10-20(27(3)4)16-22(18)28(21(17)15-19)13-5-6-25(32)33-29-23(30)11-12-24(29)31/h7-10,14-16H,5-6,11-13H2,1-4H3/q+1. The van der Waals surface area contributed by atoms with Crippen molar-refractivity contribution in [2.24, 2.45) is 0 Å². The van der Waals surface area contributed by atoms with E-state index < -0.39 is 17.8 Å². The number of anilines is 2. The number of hydrogen-bond donors (Lipinski definition) is 0. The van der Waals surface area contributed by atoms with E-state index in [2.05, 4.69) is 56.8 Å². The fourth-order valence-corrected chi connectivity index (χ4v) is 4.06. The van der Waals surface area contributed by atoms with E-state index in [9.17, 15) is 14.4 Å². The highest BCUT2D eigenvalue weighted by Crippen LogP contribution is 2.25. The van der Waals surface area contributed by atoms with Gasteiger partial charge in [-0.3, -0.25) is 9.59 Å². The van der Waals surface area contributed by atoms with Gasteiger partial charge in [0.15, 0.2) is 0 Å². The van der Waals surface area contributed by atoms with Crippen molar-refractivity contribution in [2.75, 3.05) is 38.0 Å². The first-order valence-electron chi connectivity index (χ1n) is 11.1. The second-order valence-electron chi connectivity index (χ2n) is 8.72. The predicted molar refractivity (Wildman–Crippen MR) is 127 cm³/mol. The van der Waals surface area contributed by atoms with Crippen molar-refractivity contribution >= 4 is 51.0 Å². The Morgan fingerprint density at radius 1 is 0.879 bits per heavy atom. The van der Waals surface area contributed by atoms with Gasteiger partial charge in [-0.1, -0.05) is 0 Å². The molecule has 1 fully saturated rings. The Bertz CT molecular complexity index is 1170. The molecule has 8 heteroatoms. The maximum absolute atomic E-state index is 12.3. The number of fused-ring (bicyclic) bond motifs is 2. The maximum atomic E-state index is 12.3. The van der Waals surface area contributed by atoms with Crippen LogP contribution in [0.5, 0.6) is 0 Å². The van der Waals surface area contributed by atoms with Gasteiger partial charge in [-0.2, -0.15) is 4.57 Å². The van der Waals surface area contributed by atoms with Crippen molar-refractivity contribution in [3.8, 4) is 0 Å². The molecule has 4 rings (SSSR count). The zero-order chi connectivity index (χ0) is 23.7. The molecule has 0 N–H and O–H groups in total. The second kappa shape index (κ2) is 9.05. The number of rotatable bonds is 7. The Balaban J connectivity index is 1.64. The number of benzene rings is 2. The Morgan fingerprint density at radius 2 is 1.39 bits per heavy atom. The Labute approximate surface area is 192 Å². The summed E-state index contributed by atoms with van der Waals surface area (Å²) in [5.41, 5.74) is 4.32. The average Bonchev–Trinajstić information content (AvgIpc) is 3.09. The Hall–Kier alpha value is -3.68. The van der Waals surface area contributed by atoms with Crippen LogP contribution in [-0.4, -0.2) is 51.0 Å². The zero-order valence-electron chi connectivity index (χ0n) is 19.5. The van der Waals surface area contributed by atoms with Gasteiger partial charge in [0, 0.05) is 81.7 Å². The minimum Gasteiger partial charge on any atom is -0.377 e. The van der Waals surface area contributed by atoms with E-state index in [1.54, 1.807) is 0 Å². The number of amides is 2. The molecule has 0 saturated carbocycles. The summed E-state index contributed by atoms with van der Waals surface area (Å²) in [5, 5.41) is 2.83. The molecule has 1 saturated heterocycles. The van der Waals surface area contributed by atoms with Gasteiger partial charge in [-0.25, -0.2) is 4.79 Å². The lowest BCUT2D eigenvalue weighted by Crippen LogP contribution is -2.37. The minimum absolute atomic E-state index is 0.0897. The fourth-order valence-electron chi connectivity index (χ4n) is 4.06. The zero-order valence-corrected chi connectivity index (χ0v) is 19.5. The van der Waals surface area contributed by atoms with Crippen LogP contribution >= 0.6 is 0 Å². The third-order valence-corrected chi connectivity index (χ3v) is 5.91. The topological polar surface area (TPSA) is 74.0 Å². The van der Waals surface area contributed by atoms with Crippen LogP contribution in [0.1, 0.15) is 25.7 Å². The number of carbonyl (C=O) groups is 3. The van der Waals surface area contributed by atoms with E-state index in [1.165, 1.54) is 0 Å². The summed E-state index contributed by atoms with van der Waals surface area (Å²) in [6, 6.07) is 14.9. The monoisotopic (exact) mass is 449 g/mol. The summed E-state index contributed by atoms with van der Waals surface area (Å²) in [7, 11) is 8.03. The predicted octanol–water partition coefficient (Wildman–Crippen LogP) is 2.80. The number of imide groups is 1. The summed E-state index contributed by atoms with van der Waals surface area (Å²) in [4.78, 5) is 44.8. The van der Waals surface area contributed by atoms with Crippen LogP contribution in [0.15, 0.2) is 42.5 Å². The molecule has 3 aromatic rings. The van der Waals surface area contributed by atoms with Gasteiger partial charge >= 0.3 is 5.97 Å². The quantitative estimate of drug-likeness (QED) is 0.314. The van der Waals surface area contributed by atoms with Crippen LogP contribution in [0.25, 0.3) is 21.8 Å². The number of hydroxylamine groups is 2. The molecule has 1 aromatic heterocycles. The second-order valence-corrected chi connectivity index (χ2v) is 8.72. The van der Waals surface area contributed by atoms with E-state index in [-0.39, 0.29) is 19.3 Å². The molecule has 33 heavy (non-hydrogen) atoms. The Morgan fingerprint density at radius 3 is 1.88 bits per heavy atom. The molecular formula is C25H29N4O4+. The van der Waals surface area contributed by atoms with Crippen molar-refractivity contribution in [2.45, 2.75) is 32.2 Å². The minimum atomic E-state index is -0.577. The summed E-state index contributed by atoms with van der Waals surface area (Å²) < 4.78 is 2.23. The number of nitrogens with zero attached hydrogens (tertiary/aromatic N) is 4. The fraction of sp³-hybridized carbons (Fsp3) is 0.360. The molecule has 0 unspecified atom stereocenters. The van der Waals surface area contributed by atoms with E-state index in [0.29, 0.717) is 18.0 Å². The molecule has 2 amide bonds. The SMILES string of the molecule is CN(C)c1ccc2cc3ccc(N(C)C)cc3[n+](CCCC(=O)ON3C(=O)CCC3=O)c2c1. The third-order valence-electron chi connectivity index (χ3n) is 5.91. The van der Waals surface area contributed by atoms with Gasteiger partial charge in [0.05, 0.1) is 6.42 Å². The van der Waals surface area contributed by atoms with Crippen LogP contribution in [-0.2, 0) is 25.8 Å². The molecule has 172 valence electrons. The molecule has 1 aliphatic heterocycles. The van der Waals surface area contributed by atoms with E-state index in [1.807, 2.05) is 28.2 Å². The Kier molecular flexibility index (Phi) is 6.18. The van der Waals surface area contributed by atoms with Crippen LogP contribution in [0, 0.1) is 0 Å². The number of hydrogen-bond acceptors (Lipinski definition) is 6. The summed E-state index contributed by atoms with van der Waals surface area (Å²) >= 11 is 0. The highest BCUT2D eigenvalue weighted by molar-refractivity contribution is 6.01. The highest BCUT2D eigenvalue weighted by Gasteiger charge is 2.32. The van der Waals surface area contributed by atoms with E-state index in [0.717, 1.165) is 33.2 Å². The van der Waals surface area contributed by atoms with Crippen LogP contribution < -0.4 is 14.4 Å². The van der Waals surface area contributed by atoms with Crippen molar-refractivity contribution in [1.29, 1.82) is 0 Å². The molecule has 1 aliphatic rings. The van der Waals surface area contributed by atoms with E-state index in [4.69, 9.17) is 4.84 Å². The van der Waals surface area contributed by atoms with Gasteiger partial charge in [0.2, 0.25) is 11.0 Å². The van der Waals surface area contributed by atoms with Gasteiger partial charge < -0.3 is 14.6 Å². The van der Waals surface area contributed by atoms with Gasteiger partial charge in [-0.05, 0) is 30.3 Å². The van der Waals surface area contributed by atoms with Crippen molar-refractivity contribution < 1.29 is 23.8 Å². The molecular weight excluding hydrogens is 420 g/mol. The van der Waals surface area contributed by atoms with Gasteiger partial charge in [0.1, 0.15) is 6.54 Å². The largest absolute Gasteiger partial charge is 0.377 e. The van der Waals surface area contributed by atoms with Gasteiger partial charge in [0.25, 0.3) is 11.8 Å². The number of aryl methyl sites for hydroxylation is 1. The number of aromatic nitrogens is 1. The molecule has 8 nitrogen and oxygen atoms in total. The lowest BCUT2D eigenvalue weighted by Gasteiger charge is -2.15. The summed E-state index contributed by atoms with van der Waals surface area (Å²) in [6.07, 6.45) is 0.785. The third kappa shape index (κ3) is 4.60. The maximum Gasteiger partial charge on any atom is 0.333 e. The van der Waals surface area contributed by atoms with Crippen LogP contribution in [0.4, 0.5) is 11.4 Å². The average molecular weight is 450 g/mol. The molecule has 0 radical (unpaired) electrons. The molecule has 2 heterocycles. The van der Waals surface area contributed by atoms with Gasteiger partial charge in [-0.15, -0.1) is 5.06 Å². The molecule has 0 atom stereocenters. The highest BCUT2D eigenvalue weighted by atomic mass is 16.7. The normalized spacial score (nSPS) is 13.8. The lowest BCUT2D eigenvalue weighted by molar-refractivity contribution is -0.645. The first kappa shape index (κ1) is 22.5. The van der Waals surface area contributed by atoms with Crippen LogP contribution in [0.2, 0.25) is 0 Å². The molecule has 0 spiro atoms. The first-order valence-corrected chi connectivity index (χ1v) is 11.1. The molecule has 2 aromatic carbocycles. The van der Waals surface area contributed by atoms with Crippen molar-refractivity contribution in [1.82, 2.24) is 5.06 Å². The smallest absolute Gasteiger partial charge is 0.333 e.